The number of aromatic amines is 1. The van der Waals surface area contributed by atoms with Gasteiger partial charge in [-0.2, -0.15) is 0 Å². The fourth-order valence-electron chi connectivity index (χ4n) is 4.93. The van der Waals surface area contributed by atoms with Crippen LogP contribution in [0.25, 0.3) is 11.6 Å². The molecule has 1 aliphatic rings. The van der Waals surface area contributed by atoms with Gasteiger partial charge in [-0.3, -0.25) is 9.59 Å². The molecule has 1 atom stereocenters. The number of fused-ring (bicyclic) bond motifs is 1. The number of H-pyrrole nitrogens is 1. The summed E-state index contributed by atoms with van der Waals surface area (Å²) < 4.78 is 14.3. The number of carboxylic acids is 1. The number of aromatic nitrogens is 1. The molecule has 1 aromatic carbocycles. The molecule has 0 bridgehead atoms. The maximum Gasteiger partial charge on any atom is 0.329 e. The number of carboxylic acid groups (broad SMARTS) is 1. The molecule has 11 nitrogen and oxygen atoms in total. The van der Waals surface area contributed by atoms with Crippen LogP contribution in [-0.4, -0.2) is 77.6 Å². The molecule has 0 spiro atoms. The second-order valence-electron chi connectivity index (χ2n) is 9.93. The molecule has 2 heterocycles. The average Bonchev–Trinajstić information content (AvgIpc) is 3.36. The molecule has 2 aromatic rings. The number of urea groups is 1. The Labute approximate surface area is 251 Å². The Morgan fingerprint density at radius 2 is 1.88 bits per heavy atom. The lowest BCUT2D eigenvalue weighted by molar-refractivity contribution is -0.139. The number of amides is 4. The zero-order valence-electron chi connectivity index (χ0n) is 24.4. The Kier molecular flexibility index (Phi) is 12.7. The van der Waals surface area contributed by atoms with Crippen molar-refractivity contribution in [3.8, 4) is 0 Å². The van der Waals surface area contributed by atoms with Crippen molar-refractivity contribution in [3.05, 3.63) is 52.1 Å². The van der Waals surface area contributed by atoms with Crippen LogP contribution in [0.15, 0.2) is 18.2 Å². The molecule has 6 N–H and O–H groups in total. The zero-order valence-corrected chi connectivity index (χ0v) is 25.2. The summed E-state index contributed by atoms with van der Waals surface area (Å²) in [7, 11) is 0. The summed E-state index contributed by atoms with van der Waals surface area (Å²) in [5, 5.41) is 14.9. The number of carbonyl (C=O) groups excluding carboxylic acids is 3. The predicted octanol–water partition coefficient (Wildman–Crippen LogP) is 3.44. The third-order valence-electron chi connectivity index (χ3n) is 7.27. The molecule has 1 aromatic heterocycles. The second-order valence-corrected chi connectivity index (χ2v) is 9.93. The van der Waals surface area contributed by atoms with Gasteiger partial charge in [0.25, 0.3) is 11.8 Å². The summed E-state index contributed by atoms with van der Waals surface area (Å²) in [5.74, 6) is -2.85. The minimum Gasteiger partial charge on any atom is -0.480 e. The van der Waals surface area contributed by atoms with Crippen LogP contribution in [0.5, 0.6) is 0 Å². The number of imide groups is 1. The molecule has 1 unspecified atom stereocenters. The van der Waals surface area contributed by atoms with Gasteiger partial charge in [0.15, 0.2) is 0 Å². The van der Waals surface area contributed by atoms with Gasteiger partial charge in [0.1, 0.15) is 11.9 Å². The number of hydrogen-bond donors (Lipinski definition) is 5. The van der Waals surface area contributed by atoms with Gasteiger partial charge in [0.2, 0.25) is 0 Å². The third-order valence-corrected chi connectivity index (χ3v) is 7.27. The van der Waals surface area contributed by atoms with E-state index in [1.54, 1.807) is 13.8 Å². The summed E-state index contributed by atoms with van der Waals surface area (Å²) in [6.07, 6.45) is 2.69. The largest absolute Gasteiger partial charge is 0.480 e. The lowest BCUT2D eigenvalue weighted by Gasteiger charge is -2.20. The Bertz CT molecular complexity index is 1340. The van der Waals surface area contributed by atoms with Crippen molar-refractivity contribution < 1.29 is 28.7 Å². The van der Waals surface area contributed by atoms with Gasteiger partial charge in [-0.25, -0.2) is 18.9 Å². The molecule has 42 heavy (non-hydrogen) atoms. The number of nitrogens with zero attached hydrogens (tertiary/aromatic N) is 2. The Morgan fingerprint density at radius 1 is 1.19 bits per heavy atom. The van der Waals surface area contributed by atoms with Crippen LogP contribution < -0.4 is 21.3 Å². The second kappa shape index (κ2) is 15.5. The number of hydrogen-bond acceptors (Lipinski definition) is 6. The minimum atomic E-state index is -1.24. The van der Waals surface area contributed by atoms with Crippen LogP contribution in [0, 0.1) is 19.7 Å². The van der Waals surface area contributed by atoms with Gasteiger partial charge in [0.05, 0.1) is 16.8 Å². The van der Waals surface area contributed by atoms with E-state index < -0.39 is 29.8 Å². The summed E-state index contributed by atoms with van der Waals surface area (Å²) in [6, 6.07) is 1.41. The lowest BCUT2D eigenvalue weighted by atomic mass is 10.0. The van der Waals surface area contributed by atoms with E-state index in [0.29, 0.717) is 55.0 Å². The number of rotatable bonds is 13. The summed E-state index contributed by atoms with van der Waals surface area (Å²) in [6.45, 7) is 10.9. The number of aliphatic carboxylic acids is 1. The molecule has 0 saturated heterocycles. The number of carbonyl (C=O) groups is 4. The normalized spacial score (nSPS) is 14.1. The monoisotopic (exact) mass is 606 g/mol. The van der Waals surface area contributed by atoms with E-state index in [0.717, 1.165) is 30.1 Å². The van der Waals surface area contributed by atoms with Crippen molar-refractivity contribution in [2.75, 3.05) is 37.6 Å². The molecule has 0 aliphatic carbocycles. The van der Waals surface area contributed by atoms with Crippen molar-refractivity contribution in [2.45, 2.75) is 53.0 Å². The number of anilines is 1. The summed E-state index contributed by atoms with van der Waals surface area (Å²) in [4.78, 5) is 57.6. The number of likely N-dealkylation sites (N-methyl/N-ethyl adjacent to an activating group) is 1. The predicted molar refractivity (Wildman–Crippen MR) is 162 cm³/mol. The fourth-order valence-corrected chi connectivity index (χ4v) is 4.93. The molecule has 1 aliphatic heterocycles. The maximum atomic E-state index is 14.3. The summed E-state index contributed by atoms with van der Waals surface area (Å²) >= 11 is 0. The number of nitrogens with one attached hydrogen (secondary N) is 3. The van der Waals surface area contributed by atoms with Crippen LogP contribution in [0.2, 0.25) is 0 Å². The van der Waals surface area contributed by atoms with Crippen LogP contribution in [0.4, 0.5) is 14.9 Å². The quantitative estimate of drug-likeness (QED) is 0.172. The number of halogens is 2. The first-order valence-electron chi connectivity index (χ1n) is 13.8. The highest BCUT2D eigenvalue weighted by molar-refractivity contribution is 6.42. The smallest absolute Gasteiger partial charge is 0.329 e. The number of benzene rings is 1. The van der Waals surface area contributed by atoms with Crippen LogP contribution in [0.1, 0.15) is 66.0 Å². The number of unbranched alkanes of at least 4 members (excludes halogenated alkanes) is 1. The summed E-state index contributed by atoms with van der Waals surface area (Å²) in [5.41, 5.74) is 7.91. The van der Waals surface area contributed by atoms with Crippen LogP contribution >= 0.6 is 12.4 Å². The van der Waals surface area contributed by atoms with Crippen molar-refractivity contribution in [1.82, 2.24) is 20.5 Å². The number of aryl methyl sites for hydroxylation is 1. The third kappa shape index (κ3) is 7.75. The van der Waals surface area contributed by atoms with Crippen LogP contribution in [0.3, 0.4) is 0 Å². The highest BCUT2D eigenvalue weighted by Gasteiger charge is 2.38. The molecule has 0 fully saturated rings. The number of nitrogens with two attached hydrogens (primary N) is 1. The molecule has 4 amide bonds. The molecule has 0 radical (unpaired) electrons. The van der Waals surface area contributed by atoms with Gasteiger partial charge in [0, 0.05) is 30.0 Å². The maximum absolute atomic E-state index is 14.3. The van der Waals surface area contributed by atoms with Crippen molar-refractivity contribution in [3.63, 3.8) is 0 Å². The molecule has 230 valence electrons. The van der Waals surface area contributed by atoms with E-state index >= 15 is 0 Å². The zero-order chi connectivity index (χ0) is 30.3. The first-order valence-corrected chi connectivity index (χ1v) is 13.8. The standard InChI is InChI=1S/C29H39FN6O5.ClH/c1-5-35(6-2)14-13-32-26(37)25-17(3)23(33-18(25)4)16-21-20-15-19(30)10-11-24(20)36(27(21)38)29(41)34-22(28(39)40)9-7-8-12-31;/h10-11,15-16,22,33H,5-9,12-14,31H2,1-4H3,(H,32,37)(H,34,41)(H,39,40);1H/b21-16-;. The van der Waals surface area contributed by atoms with Gasteiger partial charge >= 0.3 is 12.0 Å². The van der Waals surface area contributed by atoms with Gasteiger partial charge < -0.3 is 31.4 Å². The Hall–Kier alpha value is -3.74. The Morgan fingerprint density at radius 3 is 2.50 bits per heavy atom. The molecular formula is C29H40ClFN6O5. The van der Waals surface area contributed by atoms with Gasteiger partial charge in [-0.1, -0.05) is 13.8 Å². The topological polar surface area (TPSA) is 161 Å². The van der Waals surface area contributed by atoms with E-state index in [9.17, 15) is 28.7 Å². The fraction of sp³-hybridized carbons (Fsp3) is 0.448. The van der Waals surface area contributed by atoms with E-state index in [2.05, 4.69) is 34.4 Å². The average molecular weight is 607 g/mol. The minimum absolute atomic E-state index is 0. The highest BCUT2D eigenvalue weighted by atomic mass is 35.5. The SMILES string of the molecule is CCN(CC)CCNC(=O)c1c(C)[nH]c(/C=C2\C(=O)N(C(=O)NC(CCCCN)C(=O)O)c3ccc(F)cc32)c1C.Cl. The van der Waals surface area contributed by atoms with E-state index in [1.165, 1.54) is 12.1 Å². The lowest BCUT2D eigenvalue weighted by Crippen LogP contribution is -2.49. The molecular weight excluding hydrogens is 567 g/mol. The highest BCUT2D eigenvalue weighted by Crippen LogP contribution is 2.39. The molecule has 13 heteroatoms. The van der Waals surface area contributed by atoms with E-state index in [-0.39, 0.29) is 41.6 Å². The van der Waals surface area contributed by atoms with Gasteiger partial charge in [-0.15, -0.1) is 12.4 Å². The first kappa shape index (κ1) is 34.5. The van der Waals surface area contributed by atoms with Gasteiger partial charge in [-0.05, 0) is 82.6 Å². The molecule has 3 rings (SSSR count). The molecule has 0 saturated carbocycles. The van der Waals surface area contributed by atoms with E-state index in [4.69, 9.17) is 5.73 Å². The van der Waals surface area contributed by atoms with Crippen molar-refractivity contribution in [1.29, 1.82) is 0 Å². The first-order chi connectivity index (χ1) is 19.5. The van der Waals surface area contributed by atoms with E-state index in [1.807, 2.05) is 0 Å². The Balaban J connectivity index is 0.00000616. The van der Waals surface area contributed by atoms with Crippen molar-refractivity contribution in [2.24, 2.45) is 5.73 Å². The van der Waals surface area contributed by atoms with Crippen molar-refractivity contribution >= 4 is 53.6 Å². The van der Waals surface area contributed by atoms with Crippen LogP contribution in [-0.2, 0) is 9.59 Å².